The fourth-order valence-corrected chi connectivity index (χ4v) is 2.42. The van der Waals surface area contributed by atoms with E-state index in [0.29, 0.717) is 24.5 Å². The lowest BCUT2D eigenvalue weighted by Crippen LogP contribution is -1.99. The monoisotopic (exact) mass is 437 g/mol. The van der Waals surface area contributed by atoms with Crippen molar-refractivity contribution in [3.05, 3.63) is 71.0 Å². The van der Waals surface area contributed by atoms with Gasteiger partial charge in [0, 0.05) is 10.7 Å². The van der Waals surface area contributed by atoms with E-state index in [1.54, 1.807) is 23.8 Å². The number of hydrogen-bond acceptors (Lipinski definition) is 3. The molecule has 0 spiro atoms. The van der Waals surface area contributed by atoms with Crippen molar-refractivity contribution in [1.82, 2.24) is 9.78 Å². The predicted octanol–water partition coefficient (Wildman–Crippen LogP) is 7.09. The number of aromatic nitrogens is 2. The van der Waals surface area contributed by atoms with Gasteiger partial charge in [-0.1, -0.05) is 31.2 Å². The van der Waals surface area contributed by atoms with Crippen LogP contribution in [0.4, 0.5) is 8.78 Å². The summed E-state index contributed by atoms with van der Waals surface area (Å²) in [5, 5.41) is 13.3. The first-order valence-corrected chi connectivity index (χ1v) is 10.0. The topological polar surface area (TPSA) is 50.8 Å². The molecule has 0 N–H and O–H groups in total. The molecule has 0 bridgehead atoms. The van der Waals surface area contributed by atoms with Gasteiger partial charge in [0.15, 0.2) is 11.6 Å². The van der Waals surface area contributed by atoms with E-state index in [9.17, 15) is 8.78 Å². The van der Waals surface area contributed by atoms with Crippen molar-refractivity contribution >= 4 is 17.3 Å². The van der Waals surface area contributed by atoms with Crippen molar-refractivity contribution in [1.29, 1.82) is 5.26 Å². The number of alkyl halides is 1. The van der Waals surface area contributed by atoms with Gasteiger partial charge in [-0.05, 0) is 64.5 Å². The molecule has 0 saturated heterocycles. The van der Waals surface area contributed by atoms with Gasteiger partial charge in [0.1, 0.15) is 6.17 Å². The van der Waals surface area contributed by atoms with Crippen LogP contribution in [0, 0.1) is 25.2 Å². The van der Waals surface area contributed by atoms with Crippen LogP contribution in [0.25, 0.3) is 5.70 Å². The smallest absolute Gasteiger partial charge is 0.160 e. The second-order valence-corrected chi connectivity index (χ2v) is 6.71. The number of nitrogens with zero attached hydrogens (tertiary/aromatic N) is 3. The third-order valence-corrected chi connectivity index (χ3v) is 3.47. The lowest BCUT2D eigenvalue weighted by atomic mass is 10.3. The highest BCUT2D eigenvalue weighted by atomic mass is 35.5. The summed E-state index contributed by atoms with van der Waals surface area (Å²) in [6, 6.07) is 4.02. The second-order valence-electron chi connectivity index (χ2n) is 6.22. The SMILES string of the molecule is C=C(Cl)/C=C(\C=C/CC#N)n1nc(C)cc1C.CC/C=C(F)\C(=C/C(C)F)OCC. The van der Waals surface area contributed by atoms with Gasteiger partial charge in [-0.3, -0.25) is 0 Å². The van der Waals surface area contributed by atoms with Crippen molar-refractivity contribution in [2.75, 3.05) is 6.61 Å². The average Bonchev–Trinajstić information content (AvgIpc) is 2.99. The average molecular weight is 438 g/mol. The lowest BCUT2D eigenvalue weighted by Gasteiger charge is -2.06. The summed E-state index contributed by atoms with van der Waals surface area (Å²) in [5.41, 5.74) is 2.74. The molecule has 0 aromatic carbocycles. The van der Waals surface area contributed by atoms with Crippen LogP contribution in [-0.2, 0) is 4.74 Å². The minimum atomic E-state index is -1.20. The Morgan fingerprint density at radius 1 is 1.43 bits per heavy atom. The highest BCUT2D eigenvalue weighted by Gasteiger charge is 2.06. The number of allylic oxidation sites excluding steroid dienone is 8. The summed E-state index contributed by atoms with van der Waals surface area (Å²) < 4.78 is 32.4. The molecule has 0 aliphatic rings. The number of ether oxygens (including phenoxy) is 1. The van der Waals surface area contributed by atoms with Crippen molar-refractivity contribution in [2.24, 2.45) is 0 Å². The summed E-state index contributed by atoms with van der Waals surface area (Å²) in [6.07, 6.45) is 7.52. The van der Waals surface area contributed by atoms with Crippen LogP contribution < -0.4 is 0 Å². The fourth-order valence-electron chi connectivity index (χ4n) is 2.30. The van der Waals surface area contributed by atoms with Gasteiger partial charge in [-0.25, -0.2) is 13.5 Å². The molecule has 0 aliphatic heterocycles. The third-order valence-electron chi connectivity index (χ3n) is 3.36. The van der Waals surface area contributed by atoms with Gasteiger partial charge in [-0.2, -0.15) is 10.4 Å². The Balaban J connectivity index is 0.000000584. The zero-order valence-electron chi connectivity index (χ0n) is 18.3. The first-order chi connectivity index (χ1) is 14.2. The van der Waals surface area contributed by atoms with Crippen LogP contribution in [-0.4, -0.2) is 22.6 Å². The van der Waals surface area contributed by atoms with Crippen LogP contribution in [0.1, 0.15) is 45.0 Å². The van der Waals surface area contributed by atoms with E-state index in [1.807, 2.05) is 39.0 Å². The lowest BCUT2D eigenvalue weighted by molar-refractivity contribution is 0.219. The summed E-state index contributed by atoms with van der Waals surface area (Å²) in [7, 11) is 0. The van der Waals surface area contributed by atoms with Gasteiger partial charge in [-0.15, -0.1) is 0 Å². The van der Waals surface area contributed by atoms with E-state index >= 15 is 0 Å². The van der Waals surface area contributed by atoms with E-state index in [2.05, 4.69) is 11.7 Å². The maximum absolute atomic E-state index is 13.1. The normalized spacial score (nSPS) is 13.5. The summed E-state index contributed by atoms with van der Waals surface area (Å²) in [6.45, 7) is 12.7. The minimum absolute atomic E-state index is 0.000602. The molecule has 1 unspecified atom stereocenters. The molecule has 0 saturated carbocycles. The fraction of sp³-hybridized carbons (Fsp3) is 0.391. The Labute approximate surface area is 183 Å². The van der Waals surface area contributed by atoms with Crippen LogP contribution in [0.15, 0.2) is 59.6 Å². The van der Waals surface area contributed by atoms with Gasteiger partial charge < -0.3 is 4.74 Å². The van der Waals surface area contributed by atoms with Crippen LogP contribution in [0.5, 0.6) is 0 Å². The molecule has 4 nitrogen and oxygen atoms in total. The summed E-state index contributed by atoms with van der Waals surface area (Å²) in [5.74, 6) is -0.492. The van der Waals surface area contributed by atoms with Crippen LogP contribution in [0.2, 0.25) is 0 Å². The number of aryl methyl sites for hydroxylation is 2. The van der Waals surface area contributed by atoms with Crippen molar-refractivity contribution in [3.63, 3.8) is 0 Å². The predicted molar refractivity (Wildman–Crippen MR) is 120 cm³/mol. The van der Waals surface area contributed by atoms with Gasteiger partial charge >= 0.3 is 0 Å². The highest BCUT2D eigenvalue weighted by molar-refractivity contribution is 6.31. The number of nitriles is 1. The molecule has 164 valence electrons. The molecule has 1 aromatic rings. The highest BCUT2D eigenvalue weighted by Crippen LogP contribution is 2.16. The Morgan fingerprint density at radius 2 is 2.10 bits per heavy atom. The molecular weight excluding hydrogens is 408 g/mol. The molecule has 1 rings (SSSR count). The van der Waals surface area contributed by atoms with Gasteiger partial charge in [0.25, 0.3) is 0 Å². The van der Waals surface area contributed by atoms with E-state index < -0.39 is 12.0 Å². The molecule has 0 amide bonds. The Hall–Kier alpha value is -2.65. The zero-order chi connectivity index (χ0) is 23.1. The summed E-state index contributed by atoms with van der Waals surface area (Å²) >= 11 is 5.78. The molecule has 1 aromatic heterocycles. The van der Waals surface area contributed by atoms with Crippen LogP contribution in [0.3, 0.4) is 0 Å². The third kappa shape index (κ3) is 11.4. The molecule has 1 atom stereocenters. The largest absolute Gasteiger partial charge is 0.491 e. The second kappa shape index (κ2) is 15.2. The number of hydrogen-bond donors (Lipinski definition) is 0. The number of rotatable bonds is 9. The molecule has 0 aliphatic carbocycles. The standard InChI is InChI=1S/C13H14ClN3.C10H16F2O/c1-10(14)8-13(6-4-5-7-15)17-12(3)9-11(2)16-17;1-4-6-9(12)10(13-5-2)7-8(3)11/h4,6,8-9H,1,5H2,2-3H3;6-8H,4-5H2,1-3H3/b6-4-,13-8+;9-6+,10-7+. The van der Waals surface area contributed by atoms with Crippen molar-refractivity contribution < 1.29 is 13.5 Å². The van der Waals surface area contributed by atoms with Gasteiger partial charge in [0.2, 0.25) is 0 Å². The quantitative estimate of drug-likeness (QED) is 0.306. The Bertz CT molecular complexity index is 843. The van der Waals surface area contributed by atoms with Gasteiger partial charge in [0.05, 0.1) is 30.5 Å². The zero-order valence-corrected chi connectivity index (χ0v) is 19.0. The minimum Gasteiger partial charge on any atom is -0.491 e. The van der Waals surface area contributed by atoms with E-state index in [1.165, 1.54) is 13.0 Å². The van der Waals surface area contributed by atoms with Crippen LogP contribution >= 0.6 is 11.6 Å². The summed E-state index contributed by atoms with van der Waals surface area (Å²) in [4.78, 5) is 0. The first kappa shape index (κ1) is 27.4. The first-order valence-electron chi connectivity index (χ1n) is 9.64. The molecule has 1 heterocycles. The molecule has 30 heavy (non-hydrogen) atoms. The molecular formula is C23H30ClF2N3O. The molecule has 0 fully saturated rings. The van der Waals surface area contributed by atoms with E-state index in [0.717, 1.165) is 23.2 Å². The Morgan fingerprint density at radius 3 is 2.53 bits per heavy atom. The van der Waals surface area contributed by atoms with Crippen molar-refractivity contribution in [3.8, 4) is 6.07 Å². The maximum Gasteiger partial charge on any atom is 0.160 e. The molecule has 7 heteroatoms. The van der Waals surface area contributed by atoms with E-state index in [4.69, 9.17) is 21.6 Å². The van der Waals surface area contributed by atoms with E-state index in [-0.39, 0.29) is 5.76 Å². The maximum atomic E-state index is 13.1. The molecule has 0 radical (unpaired) electrons. The number of halogens is 3. The Kier molecular flexibility index (Phi) is 13.9. The van der Waals surface area contributed by atoms with Crippen molar-refractivity contribution in [2.45, 2.75) is 53.6 Å².